The third-order valence-electron chi connectivity index (χ3n) is 2.10. The van der Waals surface area contributed by atoms with Gasteiger partial charge in [0.1, 0.15) is 6.04 Å². The Bertz CT molecular complexity index is 147. The zero-order chi connectivity index (χ0) is 8.27. The molecule has 0 amide bonds. The Kier molecular flexibility index (Phi) is 2.88. The summed E-state index contributed by atoms with van der Waals surface area (Å²) in [7, 11) is 1.43. The highest BCUT2D eigenvalue weighted by molar-refractivity contribution is 5.75. The van der Waals surface area contributed by atoms with Crippen molar-refractivity contribution in [1.29, 1.82) is 0 Å². The van der Waals surface area contributed by atoms with Crippen LogP contribution in [0, 0.1) is 0 Å². The van der Waals surface area contributed by atoms with Crippen molar-refractivity contribution in [3.63, 3.8) is 0 Å². The number of ether oxygens (including phenoxy) is 1. The van der Waals surface area contributed by atoms with Gasteiger partial charge in [-0.25, -0.2) is 0 Å². The van der Waals surface area contributed by atoms with Gasteiger partial charge in [0.25, 0.3) is 0 Å². The van der Waals surface area contributed by atoms with Gasteiger partial charge in [0, 0.05) is 6.04 Å². The molecule has 1 heterocycles. The summed E-state index contributed by atoms with van der Waals surface area (Å²) < 4.78 is 4.64. The Morgan fingerprint density at radius 2 is 2.27 bits per heavy atom. The van der Waals surface area contributed by atoms with Gasteiger partial charge in [-0.15, -0.1) is 0 Å². The molecule has 0 saturated carbocycles. The van der Waals surface area contributed by atoms with Crippen molar-refractivity contribution in [1.82, 2.24) is 5.32 Å². The molecule has 1 fully saturated rings. The van der Waals surface area contributed by atoms with Crippen molar-refractivity contribution < 1.29 is 9.53 Å². The predicted octanol–water partition coefficient (Wildman–Crippen LogP) is 0.690. The van der Waals surface area contributed by atoms with Gasteiger partial charge in [0.2, 0.25) is 0 Å². The van der Waals surface area contributed by atoms with Crippen LogP contribution >= 0.6 is 0 Å². The molecule has 0 aromatic heterocycles. The predicted molar refractivity (Wildman–Crippen MR) is 42.3 cm³/mol. The quantitative estimate of drug-likeness (QED) is 0.569. The maximum atomic E-state index is 11.0. The molecule has 0 bridgehead atoms. The Labute approximate surface area is 67.1 Å². The third-order valence-corrected chi connectivity index (χ3v) is 2.10. The number of carbonyl (C=O) groups is 1. The molecule has 1 aliphatic heterocycles. The minimum atomic E-state index is -0.128. The summed E-state index contributed by atoms with van der Waals surface area (Å²) in [5.74, 6) is -0.128. The van der Waals surface area contributed by atoms with Gasteiger partial charge in [-0.2, -0.15) is 0 Å². The van der Waals surface area contributed by atoms with Crippen LogP contribution in [0.25, 0.3) is 0 Å². The fourth-order valence-corrected chi connectivity index (χ4v) is 1.47. The molecular weight excluding hydrogens is 142 g/mol. The molecule has 0 unspecified atom stereocenters. The Morgan fingerprint density at radius 1 is 1.55 bits per heavy atom. The second kappa shape index (κ2) is 3.72. The molecule has 0 aromatic carbocycles. The van der Waals surface area contributed by atoms with E-state index in [0.29, 0.717) is 6.04 Å². The second-order valence-corrected chi connectivity index (χ2v) is 3.07. The van der Waals surface area contributed by atoms with Crippen LogP contribution in [0.5, 0.6) is 0 Å². The molecule has 11 heavy (non-hydrogen) atoms. The molecule has 0 radical (unpaired) electrons. The topological polar surface area (TPSA) is 38.3 Å². The highest BCUT2D eigenvalue weighted by atomic mass is 16.5. The van der Waals surface area contributed by atoms with Gasteiger partial charge in [0.15, 0.2) is 0 Å². The smallest absolute Gasteiger partial charge is 0.322 e. The largest absolute Gasteiger partial charge is 0.468 e. The van der Waals surface area contributed by atoms with E-state index in [0.717, 1.165) is 19.3 Å². The minimum absolute atomic E-state index is 0.0660. The molecule has 1 aliphatic rings. The first kappa shape index (κ1) is 8.53. The second-order valence-electron chi connectivity index (χ2n) is 3.07. The van der Waals surface area contributed by atoms with Crippen LogP contribution in [0.4, 0.5) is 0 Å². The van der Waals surface area contributed by atoms with E-state index >= 15 is 0 Å². The zero-order valence-corrected chi connectivity index (χ0v) is 7.09. The van der Waals surface area contributed by atoms with Crippen LogP contribution < -0.4 is 5.32 Å². The normalized spacial score (nSPS) is 31.5. The first-order valence-corrected chi connectivity index (χ1v) is 4.08. The molecule has 0 aliphatic carbocycles. The Hall–Kier alpha value is -0.570. The molecular formula is C8H15NO2. The number of nitrogens with one attached hydrogen (secondary N) is 1. The van der Waals surface area contributed by atoms with Crippen LogP contribution in [0.2, 0.25) is 0 Å². The van der Waals surface area contributed by atoms with Crippen LogP contribution in [0.15, 0.2) is 0 Å². The lowest BCUT2D eigenvalue weighted by Gasteiger charge is -2.26. The van der Waals surface area contributed by atoms with Crippen molar-refractivity contribution in [3.8, 4) is 0 Å². The molecule has 0 spiro atoms. The molecule has 3 heteroatoms. The van der Waals surface area contributed by atoms with E-state index < -0.39 is 0 Å². The maximum Gasteiger partial charge on any atom is 0.322 e. The summed E-state index contributed by atoms with van der Waals surface area (Å²) in [6.07, 6.45) is 3.19. The standard InChI is InChI=1S/C8H15NO2/c1-6-4-3-5-7(9-6)8(10)11-2/h6-7,9H,3-5H2,1-2H3/t6-,7-/m1/s1. The summed E-state index contributed by atoms with van der Waals surface area (Å²) in [6.45, 7) is 2.09. The van der Waals surface area contributed by atoms with E-state index in [2.05, 4.69) is 17.0 Å². The van der Waals surface area contributed by atoms with Gasteiger partial charge >= 0.3 is 5.97 Å². The lowest BCUT2D eigenvalue weighted by molar-refractivity contribution is -0.144. The fraction of sp³-hybridized carbons (Fsp3) is 0.875. The average molecular weight is 157 g/mol. The molecule has 1 saturated heterocycles. The summed E-state index contributed by atoms with van der Waals surface area (Å²) in [5, 5.41) is 3.19. The summed E-state index contributed by atoms with van der Waals surface area (Å²) in [5.41, 5.74) is 0. The maximum absolute atomic E-state index is 11.0. The molecule has 2 atom stereocenters. The Morgan fingerprint density at radius 3 is 2.82 bits per heavy atom. The first-order valence-electron chi connectivity index (χ1n) is 4.08. The number of carbonyl (C=O) groups excluding carboxylic acids is 1. The minimum Gasteiger partial charge on any atom is -0.468 e. The number of esters is 1. The summed E-state index contributed by atoms with van der Waals surface area (Å²) >= 11 is 0. The van der Waals surface area contributed by atoms with Crippen molar-refractivity contribution in [2.24, 2.45) is 0 Å². The Balaban J connectivity index is 2.39. The van der Waals surface area contributed by atoms with Crippen molar-refractivity contribution in [2.75, 3.05) is 7.11 Å². The lowest BCUT2D eigenvalue weighted by Crippen LogP contribution is -2.45. The average Bonchev–Trinajstić information content (AvgIpc) is 2.03. The number of hydrogen-bond acceptors (Lipinski definition) is 3. The van der Waals surface area contributed by atoms with E-state index in [1.165, 1.54) is 7.11 Å². The number of methoxy groups -OCH3 is 1. The lowest BCUT2D eigenvalue weighted by atomic mass is 10.00. The molecule has 0 aromatic rings. The van der Waals surface area contributed by atoms with Gasteiger partial charge in [-0.1, -0.05) is 0 Å². The number of hydrogen-bond donors (Lipinski definition) is 1. The fourth-order valence-electron chi connectivity index (χ4n) is 1.47. The highest BCUT2D eigenvalue weighted by Crippen LogP contribution is 2.12. The highest BCUT2D eigenvalue weighted by Gasteiger charge is 2.24. The van der Waals surface area contributed by atoms with Crippen molar-refractivity contribution in [2.45, 2.75) is 38.3 Å². The van der Waals surface area contributed by atoms with Crippen LogP contribution in [-0.2, 0) is 9.53 Å². The summed E-state index contributed by atoms with van der Waals surface area (Å²) in [4.78, 5) is 11.0. The molecule has 1 N–H and O–H groups in total. The SMILES string of the molecule is COC(=O)[C@H]1CCC[C@@H](C)N1. The van der Waals surface area contributed by atoms with Crippen LogP contribution in [0.1, 0.15) is 26.2 Å². The van der Waals surface area contributed by atoms with E-state index in [1.807, 2.05) is 0 Å². The van der Waals surface area contributed by atoms with Crippen LogP contribution in [-0.4, -0.2) is 25.2 Å². The van der Waals surface area contributed by atoms with Gasteiger partial charge in [-0.3, -0.25) is 4.79 Å². The van der Waals surface area contributed by atoms with E-state index in [9.17, 15) is 4.79 Å². The summed E-state index contributed by atoms with van der Waals surface area (Å²) in [6, 6.07) is 0.386. The monoisotopic (exact) mass is 157 g/mol. The number of piperidine rings is 1. The molecule has 1 rings (SSSR count). The van der Waals surface area contributed by atoms with E-state index in [1.54, 1.807) is 0 Å². The molecule has 3 nitrogen and oxygen atoms in total. The van der Waals surface area contributed by atoms with E-state index in [-0.39, 0.29) is 12.0 Å². The van der Waals surface area contributed by atoms with Gasteiger partial charge in [0.05, 0.1) is 7.11 Å². The van der Waals surface area contributed by atoms with Gasteiger partial charge < -0.3 is 10.1 Å². The van der Waals surface area contributed by atoms with Crippen molar-refractivity contribution in [3.05, 3.63) is 0 Å². The number of rotatable bonds is 1. The van der Waals surface area contributed by atoms with Gasteiger partial charge in [-0.05, 0) is 26.2 Å². The third kappa shape index (κ3) is 2.19. The van der Waals surface area contributed by atoms with E-state index in [4.69, 9.17) is 0 Å². The van der Waals surface area contributed by atoms with Crippen LogP contribution in [0.3, 0.4) is 0 Å². The zero-order valence-electron chi connectivity index (χ0n) is 7.09. The first-order chi connectivity index (χ1) is 5.24. The van der Waals surface area contributed by atoms with Crippen molar-refractivity contribution >= 4 is 5.97 Å². The molecule has 64 valence electrons.